The third kappa shape index (κ3) is 5.68. The number of carbonyl (C=O) groups is 1. The first-order valence-electron chi connectivity index (χ1n) is 10.6. The first-order chi connectivity index (χ1) is 15.7. The maximum Gasteiger partial charge on any atom is 0.252 e. The van der Waals surface area contributed by atoms with Crippen molar-refractivity contribution in [3.63, 3.8) is 0 Å². The van der Waals surface area contributed by atoms with Crippen molar-refractivity contribution in [2.75, 3.05) is 13.1 Å². The molecule has 0 spiro atoms. The van der Waals surface area contributed by atoms with Crippen molar-refractivity contribution in [2.45, 2.75) is 25.4 Å². The van der Waals surface area contributed by atoms with Crippen molar-refractivity contribution in [1.82, 2.24) is 20.6 Å². The van der Waals surface area contributed by atoms with E-state index < -0.39 is 0 Å². The summed E-state index contributed by atoms with van der Waals surface area (Å²) in [5.74, 6) is 1.33. The number of carbonyl (C=O) groups excluding carboxylic acids is 1. The van der Waals surface area contributed by atoms with Crippen molar-refractivity contribution >= 4 is 5.91 Å². The minimum atomic E-state index is -0.271. The van der Waals surface area contributed by atoms with Gasteiger partial charge in [-0.1, -0.05) is 24.3 Å². The number of benzene rings is 2. The number of hydrogen-bond acceptors (Lipinski definition) is 6. The zero-order valence-electron chi connectivity index (χ0n) is 17.6. The number of ether oxygens (including phenoxy) is 1. The number of nitriles is 1. The molecule has 3 aromatic rings. The Kier molecular flexibility index (Phi) is 7.05. The average molecular weight is 427 g/mol. The molecule has 7 nitrogen and oxygen atoms in total. The monoisotopic (exact) mass is 426 g/mol. The third-order valence-electron chi connectivity index (χ3n) is 5.20. The Balaban J connectivity index is 1.39. The number of aromatic nitrogens is 2. The van der Waals surface area contributed by atoms with Crippen molar-refractivity contribution < 1.29 is 9.53 Å². The molecule has 1 saturated heterocycles. The minimum Gasteiger partial charge on any atom is -0.493 e. The van der Waals surface area contributed by atoms with Gasteiger partial charge in [-0.25, -0.2) is 9.97 Å². The first kappa shape index (κ1) is 21.5. The summed E-state index contributed by atoms with van der Waals surface area (Å²) < 4.78 is 6.04. The summed E-state index contributed by atoms with van der Waals surface area (Å²) in [4.78, 5) is 21.0. The summed E-state index contributed by atoms with van der Waals surface area (Å²) in [6, 6.07) is 19.0. The maximum absolute atomic E-state index is 11.9. The molecule has 1 atom stereocenters. The van der Waals surface area contributed by atoms with Crippen LogP contribution in [0.2, 0.25) is 0 Å². The van der Waals surface area contributed by atoms with Crippen LogP contribution in [0.25, 0.3) is 11.3 Å². The fourth-order valence-electron chi connectivity index (χ4n) is 3.51. The summed E-state index contributed by atoms with van der Waals surface area (Å²) in [5, 5.41) is 14.3. The van der Waals surface area contributed by atoms with Crippen LogP contribution in [0.4, 0.5) is 0 Å². The second-order valence-corrected chi connectivity index (χ2v) is 7.52. The van der Waals surface area contributed by atoms with E-state index in [1.54, 1.807) is 18.3 Å². The van der Waals surface area contributed by atoms with Gasteiger partial charge in [0, 0.05) is 23.7 Å². The molecule has 1 unspecified atom stereocenters. The first-order valence-corrected chi connectivity index (χ1v) is 10.6. The number of nitrogens with one attached hydrogen (secondary N) is 2. The molecule has 4 rings (SSSR count). The van der Waals surface area contributed by atoms with E-state index in [0.717, 1.165) is 47.8 Å². The largest absolute Gasteiger partial charge is 0.493 e. The number of amides is 1. The lowest BCUT2D eigenvalue weighted by molar-refractivity contribution is 0.0958. The summed E-state index contributed by atoms with van der Waals surface area (Å²) in [7, 11) is 0. The van der Waals surface area contributed by atoms with E-state index in [4.69, 9.17) is 10.00 Å². The normalized spacial score (nSPS) is 15.5. The molecule has 162 valence electrons. The lowest BCUT2D eigenvalue weighted by Gasteiger charge is -2.30. The second-order valence-electron chi connectivity index (χ2n) is 7.52. The van der Waals surface area contributed by atoms with E-state index in [2.05, 4.69) is 27.1 Å². The molecule has 0 radical (unpaired) electrons. The molecule has 1 fully saturated rings. The topological polar surface area (TPSA) is 99.9 Å². The highest BCUT2D eigenvalue weighted by molar-refractivity contribution is 5.94. The Morgan fingerprint density at radius 1 is 1.19 bits per heavy atom. The van der Waals surface area contributed by atoms with Crippen molar-refractivity contribution in [1.29, 1.82) is 5.26 Å². The SMILES string of the molecule is N#CCNC(=O)c1ccc(-c2ccnc(Cc3ccc(OC4C[CH-]NCC4)cc3)n2)cc1. The Bertz CT molecular complexity index is 1080. The molecule has 1 aliphatic rings. The van der Waals surface area contributed by atoms with Crippen LogP contribution >= 0.6 is 0 Å². The zero-order chi connectivity index (χ0) is 22.2. The molecular weight excluding hydrogens is 402 g/mol. The standard InChI is InChI=1S/C25H24N5O2/c26-12-16-29-25(31)20-5-3-19(4-6-20)23-11-15-28-24(30-23)17-18-1-7-21(8-2-18)32-22-9-13-27-14-10-22/h1-8,11,13,15,22,27H,9-10,14,16-17H2,(H,29,31)/q-1. The van der Waals surface area contributed by atoms with Gasteiger partial charge >= 0.3 is 0 Å². The Hall–Kier alpha value is -3.76. The van der Waals surface area contributed by atoms with Gasteiger partial charge in [-0.2, -0.15) is 5.26 Å². The van der Waals surface area contributed by atoms with Crippen LogP contribution in [-0.4, -0.2) is 35.1 Å². The summed E-state index contributed by atoms with van der Waals surface area (Å²) >= 11 is 0. The van der Waals surface area contributed by atoms with Gasteiger partial charge in [-0.15, -0.1) is 6.42 Å². The Labute approximate surface area is 187 Å². The molecule has 0 bridgehead atoms. The van der Waals surface area contributed by atoms with Crippen LogP contribution in [0.3, 0.4) is 0 Å². The van der Waals surface area contributed by atoms with E-state index in [-0.39, 0.29) is 18.6 Å². The quantitative estimate of drug-likeness (QED) is 0.444. The predicted molar refractivity (Wildman–Crippen MR) is 121 cm³/mol. The molecule has 2 aromatic carbocycles. The van der Waals surface area contributed by atoms with E-state index in [0.29, 0.717) is 12.0 Å². The van der Waals surface area contributed by atoms with E-state index in [9.17, 15) is 4.79 Å². The van der Waals surface area contributed by atoms with Crippen LogP contribution in [0.15, 0.2) is 60.8 Å². The average Bonchev–Trinajstić information content (AvgIpc) is 2.85. The molecule has 1 amide bonds. The van der Waals surface area contributed by atoms with Crippen LogP contribution in [0.5, 0.6) is 5.75 Å². The van der Waals surface area contributed by atoms with Crippen LogP contribution < -0.4 is 15.4 Å². The third-order valence-corrected chi connectivity index (χ3v) is 5.20. The zero-order valence-corrected chi connectivity index (χ0v) is 17.6. The lowest BCUT2D eigenvalue weighted by Crippen LogP contribution is -2.30. The molecule has 0 aliphatic carbocycles. The molecule has 2 N–H and O–H groups in total. The smallest absolute Gasteiger partial charge is 0.252 e. The Morgan fingerprint density at radius 3 is 2.72 bits per heavy atom. The second kappa shape index (κ2) is 10.5. The van der Waals surface area contributed by atoms with Crippen LogP contribution in [-0.2, 0) is 6.42 Å². The highest BCUT2D eigenvalue weighted by Crippen LogP contribution is 2.21. The van der Waals surface area contributed by atoms with Crippen molar-refractivity contribution in [3.8, 4) is 23.1 Å². The van der Waals surface area contributed by atoms with E-state index >= 15 is 0 Å². The number of nitrogens with zero attached hydrogens (tertiary/aromatic N) is 3. The minimum absolute atomic E-state index is 0.0143. The Morgan fingerprint density at radius 2 is 2.00 bits per heavy atom. The van der Waals surface area contributed by atoms with Gasteiger partial charge in [0.1, 0.15) is 18.1 Å². The molecule has 32 heavy (non-hydrogen) atoms. The maximum atomic E-state index is 11.9. The van der Waals surface area contributed by atoms with Gasteiger partial charge in [0.15, 0.2) is 0 Å². The predicted octanol–water partition coefficient (Wildman–Crippen LogP) is 3.28. The van der Waals surface area contributed by atoms with Gasteiger partial charge in [0.2, 0.25) is 0 Å². The fourth-order valence-corrected chi connectivity index (χ4v) is 3.51. The molecule has 1 aliphatic heterocycles. The number of piperidine rings is 1. The number of hydrogen-bond donors (Lipinski definition) is 2. The highest BCUT2D eigenvalue weighted by atomic mass is 16.5. The van der Waals surface area contributed by atoms with Gasteiger partial charge in [0.05, 0.1) is 17.9 Å². The molecule has 7 heteroatoms. The molecule has 0 saturated carbocycles. The number of rotatable bonds is 7. The molecule has 2 heterocycles. The van der Waals surface area contributed by atoms with Gasteiger partial charge in [-0.05, 0) is 48.9 Å². The molecule has 1 aromatic heterocycles. The van der Waals surface area contributed by atoms with Crippen LogP contribution in [0.1, 0.15) is 34.6 Å². The van der Waals surface area contributed by atoms with Crippen molar-refractivity contribution in [3.05, 3.63) is 84.3 Å². The van der Waals surface area contributed by atoms with Gasteiger partial charge in [-0.3, -0.25) is 11.3 Å². The summed E-state index contributed by atoms with van der Waals surface area (Å²) in [5.41, 5.74) is 3.30. The van der Waals surface area contributed by atoms with Gasteiger partial charge < -0.3 is 15.4 Å². The lowest BCUT2D eigenvalue weighted by atomic mass is 10.1. The summed E-state index contributed by atoms with van der Waals surface area (Å²) in [6.45, 7) is 3.00. The van der Waals surface area contributed by atoms with Crippen LogP contribution in [0, 0.1) is 17.9 Å². The van der Waals surface area contributed by atoms with E-state index in [1.807, 2.05) is 48.5 Å². The van der Waals surface area contributed by atoms with Crippen molar-refractivity contribution in [2.24, 2.45) is 0 Å². The summed E-state index contributed by atoms with van der Waals surface area (Å²) in [6.07, 6.45) is 4.50. The van der Waals surface area contributed by atoms with E-state index in [1.165, 1.54) is 0 Å². The fraction of sp³-hybridized carbons (Fsp3) is 0.240. The molecular formula is C25H24N5O2-. The highest BCUT2D eigenvalue weighted by Gasteiger charge is 2.10. The van der Waals surface area contributed by atoms with Gasteiger partial charge in [0.25, 0.3) is 5.91 Å².